The highest BCUT2D eigenvalue weighted by Gasteiger charge is 2.25. The number of hydrogen-bond acceptors (Lipinski definition) is 3. The predicted molar refractivity (Wildman–Crippen MR) is 92.7 cm³/mol. The molecule has 1 unspecified atom stereocenters. The van der Waals surface area contributed by atoms with Gasteiger partial charge in [0.05, 0.1) is 11.8 Å². The summed E-state index contributed by atoms with van der Waals surface area (Å²) in [6.45, 7) is 6.88. The maximum Gasteiger partial charge on any atom is 0.357 e. The first-order chi connectivity index (χ1) is 11.2. The van der Waals surface area contributed by atoms with E-state index in [9.17, 15) is 4.79 Å². The van der Waals surface area contributed by atoms with E-state index >= 15 is 0 Å². The highest BCUT2D eigenvalue weighted by atomic mass is 16.5. The van der Waals surface area contributed by atoms with Crippen LogP contribution in [0.3, 0.4) is 0 Å². The fourth-order valence-corrected chi connectivity index (χ4v) is 3.82. The molecule has 1 atom stereocenters. The number of nitrogens with one attached hydrogen (secondary N) is 1. The van der Waals surface area contributed by atoms with E-state index in [1.807, 2.05) is 0 Å². The van der Waals surface area contributed by atoms with Crippen molar-refractivity contribution in [2.75, 3.05) is 13.1 Å². The molecule has 0 bridgehead atoms. The lowest BCUT2D eigenvalue weighted by molar-refractivity contribution is 0.180. The largest absolute Gasteiger partial charge is 0.357 e. The van der Waals surface area contributed by atoms with Gasteiger partial charge >= 0.3 is 5.63 Å². The smallest absolute Gasteiger partial charge is 0.339 e. The maximum absolute atomic E-state index is 11.3. The Morgan fingerprint density at radius 1 is 1.26 bits per heavy atom. The van der Waals surface area contributed by atoms with E-state index in [4.69, 9.17) is 4.52 Å². The van der Waals surface area contributed by atoms with Crippen LogP contribution < -0.4 is 5.63 Å². The Kier molecular flexibility index (Phi) is 5.01. The van der Waals surface area contributed by atoms with Crippen molar-refractivity contribution in [1.82, 2.24) is 10.1 Å². The van der Waals surface area contributed by atoms with Crippen LogP contribution in [0.1, 0.15) is 44.2 Å². The molecule has 1 aliphatic carbocycles. The zero-order valence-electron chi connectivity index (χ0n) is 14.1. The number of H-pyrrole nitrogens is 1. The van der Waals surface area contributed by atoms with Gasteiger partial charge in [0.25, 0.3) is 0 Å². The third-order valence-corrected chi connectivity index (χ3v) is 4.81. The lowest BCUT2D eigenvalue weighted by Gasteiger charge is -2.35. The van der Waals surface area contributed by atoms with Crippen LogP contribution in [0.25, 0.3) is 11.3 Å². The molecule has 1 aliphatic rings. The minimum Gasteiger partial charge on any atom is -0.339 e. The summed E-state index contributed by atoms with van der Waals surface area (Å²) >= 11 is 0. The van der Waals surface area contributed by atoms with Crippen molar-refractivity contribution in [2.45, 2.75) is 52.0 Å². The number of fused-ring (bicyclic) bond motifs is 1. The molecule has 23 heavy (non-hydrogen) atoms. The Labute approximate surface area is 137 Å². The molecule has 0 saturated heterocycles. The average Bonchev–Trinajstić information content (AvgIpc) is 3.00. The van der Waals surface area contributed by atoms with E-state index in [1.54, 1.807) is 6.07 Å². The van der Waals surface area contributed by atoms with E-state index in [2.05, 4.69) is 42.1 Å². The molecule has 0 amide bonds. The highest BCUT2D eigenvalue weighted by Crippen LogP contribution is 2.32. The van der Waals surface area contributed by atoms with Gasteiger partial charge in [-0.1, -0.05) is 32.0 Å². The van der Waals surface area contributed by atoms with Crippen LogP contribution in [0.5, 0.6) is 0 Å². The van der Waals surface area contributed by atoms with Crippen LogP contribution in [-0.4, -0.2) is 29.2 Å². The topological polar surface area (TPSA) is 49.2 Å². The van der Waals surface area contributed by atoms with Crippen molar-refractivity contribution in [3.8, 4) is 11.3 Å². The number of rotatable bonds is 6. The average molecular weight is 314 g/mol. The zero-order valence-corrected chi connectivity index (χ0v) is 14.1. The standard InChI is InChI=1S/C19H26N2O2/c1-3-10-21(11-4-2)15-8-9-16-14(12-15)6-5-7-17(16)18-13-19(22)23-20-18/h5-7,13,15,20H,3-4,8-12H2,1-2H3. The second-order valence-corrected chi connectivity index (χ2v) is 6.46. The summed E-state index contributed by atoms with van der Waals surface area (Å²) in [6.07, 6.45) is 5.77. The number of aromatic amines is 1. The number of hydrogen-bond donors (Lipinski definition) is 1. The van der Waals surface area contributed by atoms with E-state index in [1.165, 1.54) is 43.5 Å². The van der Waals surface area contributed by atoms with Gasteiger partial charge in [-0.3, -0.25) is 0 Å². The van der Waals surface area contributed by atoms with Gasteiger partial charge in [-0.25, -0.2) is 9.95 Å². The first kappa shape index (κ1) is 16.1. The van der Waals surface area contributed by atoms with Crippen LogP contribution in [0.4, 0.5) is 0 Å². The fourth-order valence-electron chi connectivity index (χ4n) is 3.82. The summed E-state index contributed by atoms with van der Waals surface area (Å²) in [4.78, 5) is 14.0. The van der Waals surface area contributed by atoms with E-state index in [0.29, 0.717) is 6.04 Å². The van der Waals surface area contributed by atoms with E-state index < -0.39 is 0 Å². The Balaban J connectivity index is 1.86. The summed E-state index contributed by atoms with van der Waals surface area (Å²) in [7, 11) is 0. The molecule has 1 aromatic heterocycles. The Bertz CT molecular complexity index is 695. The van der Waals surface area contributed by atoms with Crippen molar-refractivity contribution in [1.29, 1.82) is 0 Å². The van der Waals surface area contributed by atoms with Crippen LogP contribution in [0.2, 0.25) is 0 Å². The van der Waals surface area contributed by atoms with Crippen molar-refractivity contribution in [2.24, 2.45) is 0 Å². The molecule has 0 aliphatic heterocycles. The summed E-state index contributed by atoms with van der Waals surface area (Å²) in [5.41, 5.74) is 4.38. The van der Waals surface area contributed by atoms with Gasteiger partial charge in [0.2, 0.25) is 0 Å². The SMILES string of the molecule is CCCN(CCC)C1CCc2c(cccc2-c2cc(=O)o[nH]2)C1. The molecule has 0 spiro atoms. The van der Waals surface area contributed by atoms with Crippen molar-refractivity contribution < 1.29 is 4.52 Å². The zero-order chi connectivity index (χ0) is 16.2. The molecular weight excluding hydrogens is 288 g/mol. The molecule has 3 rings (SSSR count). The third kappa shape index (κ3) is 3.42. The first-order valence-electron chi connectivity index (χ1n) is 8.76. The Morgan fingerprint density at radius 3 is 2.70 bits per heavy atom. The van der Waals surface area contributed by atoms with Crippen molar-refractivity contribution in [3.05, 3.63) is 45.8 Å². The molecule has 2 aromatic rings. The van der Waals surface area contributed by atoms with Gasteiger partial charge in [0.15, 0.2) is 0 Å². The van der Waals surface area contributed by atoms with Gasteiger partial charge < -0.3 is 9.42 Å². The predicted octanol–water partition coefficient (Wildman–Crippen LogP) is 3.61. The molecule has 0 radical (unpaired) electrons. The molecule has 124 valence electrons. The van der Waals surface area contributed by atoms with Gasteiger partial charge in [-0.05, 0) is 56.3 Å². The van der Waals surface area contributed by atoms with Crippen molar-refractivity contribution in [3.63, 3.8) is 0 Å². The molecular formula is C19H26N2O2. The summed E-state index contributed by atoms with van der Waals surface area (Å²) in [6, 6.07) is 8.59. The molecule has 0 saturated carbocycles. The van der Waals surface area contributed by atoms with Crippen LogP contribution in [-0.2, 0) is 12.8 Å². The van der Waals surface area contributed by atoms with Gasteiger partial charge in [-0.2, -0.15) is 0 Å². The fraction of sp³-hybridized carbons (Fsp3) is 0.526. The van der Waals surface area contributed by atoms with Crippen LogP contribution >= 0.6 is 0 Å². The quantitative estimate of drug-likeness (QED) is 0.886. The number of aromatic nitrogens is 1. The summed E-state index contributed by atoms with van der Waals surface area (Å²) in [5.74, 6) is 0. The number of nitrogens with zero attached hydrogens (tertiary/aromatic N) is 1. The molecule has 1 aromatic carbocycles. The second-order valence-electron chi connectivity index (χ2n) is 6.46. The molecule has 4 nitrogen and oxygen atoms in total. The highest BCUT2D eigenvalue weighted by molar-refractivity contribution is 5.65. The Hall–Kier alpha value is -1.81. The van der Waals surface area contributed by atoms with E-state index in [0.717, 1.165) is 24.1 Å². The molecule has 0 fully saturated rings. The van der Waals surface area contributed by atoms with E-state index in [-0.39, 0.29) is 5.63 Å². The summed E-state index contributed by atoms with van der Waals surface area (Å²) < 4.78 is 4.84. The maximum atomic E-state index is 11.3. The normalized spacial score (nSPS) is 17.4. The molecule has 1 N–H and O–H groups in total. The third-order valence-electron chi connectivity index (χ3n) is 4.81. The second kappa shape index (κ2) is 7.18. The minimum atomic E-state index is -0.316. The number of benzene rings is 1. The van der Waals surface area contributed by atoms with Gasteiger partial charge in [0, 0.05) is 11.6 Å². The van der Waals surface area contributed by atoms with Crippen LogP contribution in [0.15, 0.2) is 33.6 Å². The molecule has 4 heteroatoms. The Morgan fingerprint density at radius 2 is 2.04 bits per heavy atom. The lowest BCUT2D eigenvalue weighted by atomic mass is 9.84. The monoisotopic (exact) mass is 314 g/mol. The van der Waals surface area contributed by atoms with Crippen molar-refractivity contribution >= 4 is 0 Å². The minimum absolute atomic E-state index is 0.316. The summed E-state index contributed by atoms with van der Waals surface area (Å²) in [5, 5.41) is 2.75. The first-order valence-corrected chi connectivity index (χ1v) is 8.76. The lowest BCUT2D eigenvalue weighted by Crippen LogP contribution is -2.40. The molecule has 1 heterocycles. The van der Waals surface area contributed by atoms with Gasteiger partial charge in [0.1, 0.15) is 0 Å². The van der Waals surface area contributed by atoms with Crippen LogP contribution in [0, 0.1) is 0 Å². The van der Waals surface area contributed by atoms with Gasteiger partial charge in [-0.15, -0.1) is 0 Å².